The number of halogens is 3. The molecule has 148 valence electrons. The molecular formula is C21H18F3N5. The highest BCUT2D eigenvalue weighted by atomic mass is 19.4. The summed E-state index contributed by atoms with van der Waals surface area (Å²) in [6.07, 6.45) is 0.0303. The minimum Gasteiger partial charge on any atom is -0.361 e. The molecule has 2 aromatic carbocycles. The highest BCUT2D eigenvalue weighted by Crippen LogP contribution is 2.30. The SMILES string of the molecule is FC(F)(F)c1ccc(Nc2ccnc(NCCc3c[nH]c4ccccc34)n2)cc1. The lowest BCUT2D eigenvalue weighted by Gasteiger charge is -2.10. The number of para-hydroxylation sites is 1. The number of anilines is 3. The summed E-state index contributed by atoms with van der Waals surface area (Å²) in [5.41, 5.74) is 2.13. The van der Waals surface area contributed by atoms with Crippen LogP contribution in [0.15, 0.2) is 67.0 Å². The molecule has 8 heteroatoms. The van der Waals surface area contributed by atoms with Crippen molar-refractivity contribution in [3.8, 4) is 0 Å². The molecule has 29 heavy (non-hydrogen) atoms. The van der Waals surface area contributed by atoms with Crippen molar-refractivity contribution in [2.75, 3.05) is 17.2 Å². The Morgan fingerprint density at radius 1 is 0.966 bits per heavy atom. The fourth-order valence-electron chi connectivity index (χ4n) is 3.05. The number of hydrogen-bond donors (Lipinski definition) is 3. The quantitative estimate of drug-likeness (QED) is 0.409. The first-order chi connectivity index (χ1) is 14.0. The number of fused-ring (bicyclic) bond motifs is 1. The zero-order chi connectivity index (χ0) is 20.3. The highest BCUT2D eigenvalue weighted by Gasteiger charge is 2.29. The lowest BCUT2D eigenvalue weighted by molar-refractivity contribution is -0.137. The number of aromatic nitrogens is 3. The fourth-order valence-corrected chi connectivity index (χ4v) is 3.05. The average molecular weight is 397 g/mol. The number of hydrogen-bond acceptors (Lipinski definition) is 4. The van der Waals surface area contributed by atoms with Gasteiger partial charge in [0, 0.05) is 35.5 Å². The van der Waals surface area contributed by atoms with Crippen LogP contribution in [-0.2, 0) is 12.6 Å². The van der Waals surface area contributed by atoms with E-state index in [0.717, 1.165) is 24.1 Å². The van der Waals surface area contributed by atoms with Gasteiger partial charge in [-0.2, -0.15) is 18.2 Å². The summed E-state index contributed by atoms with van der Waals surface area (Å²) in [5.74, 6) is 0.941. The molecule has 3 N–H and O–H groups in total. The number of benzene rings is 2. The molecular weight excluding hydrogens is 379 g/mol. The summed E-state index contributed by atoms with van der Waals surface area (Å²) in [4.78, 5) is 11.8. The highest BCUT2D eigenvalue weighted by molar-refractivity contribution is 5.83. The van der Waals surface area contributed by atoms with Crippen LogP contribution in [0.2, 0.25) is 0 Å². The second kappa shape index (κ2) is 7.83. The van der Waals surface area contributed by atoms with Crippen LogP contribution in [0.4, 0.5) is 30.6 Å². The molecule has 0 saturated heterocycles. The maximum absolute atomic E-state index is 12.7. The zero-order valence-corrected chi connectivity index (χ0v) is 15.3. The summed E-state index contributed by atoms with van der Waals surface area (Å²) in [5, 5.41) is 7.35. The summed E-state index contributed by atoms with van der Waals surface area (Å²) in [6, 6.07) is 14.6. The van der Waals surface area contributed by atoms with Crippen molar-refractivity contribution < 1.29 is 13.2 Å². The van der Waals surface area contributed by atoms with Gasteiger partial charge in [0.05, 0.1) is 5.56 Å². The van der Waals surface area contributed by atoms with Crippen LogP contribution >= 0.6 is 0 Å². The Labute approximate surface area is 165 Å². The maximum atomic E-state index is 12.7. The van der Waals surface area contributed by atoms with Gasteiger partial charge in [0.25, 0.3) is 0 Å². The Kier molecular flexibility index (Phi) is 5.07. The lowest BCUT2D eigenvalue weighted by atomic mass is 10.1. The van der Waals surface area contributed by atoms with Crippen molar-refractivity contribution in [2.45, 2.75) is 12.6 Å². The second-order valence-corrected chi connectivity index (χ2v) is 6.50. The number of rotatable bonds is 6. The topological polar surface area (TPSA) is 65.6 Å². The van der Waals surface area contributed by atoms with Gasteiger partial charge >= 0.3 is 6.18 Å². The standard InChI is InChI=1S/C21H18F3N5/c22-21(23,24)15-5-7-16(8-6-15)28-19-10-12-26-20(29-19)25-11-9-14-13-27-18-4-2-1-3-17(14)18/h1-8,10,12-13,27H,9,11H2,(H2,25,26,28,29). The molecule has 0 radical (unpaired) electrons. The number of nitrogens with one attached hydrogen (secondary N) is 3. The van der Waals surface area contributed by atoms with Gasteiger partial charge in [-0.15, -0.1) is 0 Å². The molecule has 0 aliphatic rings. The van der Waals surface area contributed by atoms with Crippen LogP contribution in [0.25, 0.3) is 10.9 Å². The summed E-state index contributed by atoms with van der Waals surface area (Å²) < 4.78 is 38.0. The van der Waals surface area contributed by atoms with E-state index in [0.29, 0.717) is 24.0 Å². The van der Waals surface area contributed by atoms with Crippen molar-refractivity contribution in [1.82, 2.24) is 15.0 Å². The van der Waals surface area contributed by atoms with E-state index in [9.17, 15) is 13.2 Å². The molecule has 0 atom stereocenters. The van der Waals surface area contributed by atoms with E-state index in [1.54, 1.807) is 12.3 Å². The third kappa shape index (κ3) is 4.48. The van der Waals surface area contributed by atoms with Gasteiger partial charge in [-0.1, -0.05) is 18.2 Å². The monoisotopic (exact) mass is 397 g/mol. The molecule has 5 nitrogen and oxygen atoms in total. The predicted octanol–water partition coefficient (Wildman–Crippen LogP) is 5.37. The third-order valence-electron chi connectivity index (χ3n) is 4.49. The minimum absolute atomic E-state index is 0.446. The second-order valence-electron chi connectivity index (χ2n) is 6.50. The largest absolute Gasteiger partial charge is 0.416 e. The summed E-state index contributed by atoms with van der Waals surface area (Å²) >= 11 is 0. The van der Waals surface area contributed by atoms with Crippen LogP contribution < -0.4 is 10.6 Å². The molecule has 4 aromatic rings. The molecule has 0 aliphatic heterocycles. The van der Waals surface area contributed by atoms with E-state index >= 15 is 0 Å². The Balaban J connectivity index is 1.37. The van der Waals surface area contributed by atoms with E-state index < -0.39 is 11.7 Å². The maximum Gasteiger partial charge on any atom is 0.416 e. The Bertz CT molecular complexity index is 1100. The van der Waals surface area contributed by atoms with Crippen molar-refractivity contribution in [3.63, 3.8) is 0 Å². The van der Waals surface area contributed by atoms with Crippen molar-refractivity contribution in [2.24, 2.45) is 0 Å². The first-order valence-corrected chi connectivity index (χ1v) is 9.05. The smallest absolute Gasteiger partial charge is 0.361 e. The molecule has 0 spiro atoms. The molecule has 0 fully saturated rings. The van der Waals surface area contributed by atoms with Crippen molar-refractivity contribution >= 4 is 28.4 Å². The van der Waals surface area contributed by atoms with Crippen LogP contribution in [0.1, 0.15) is 11.1 Å². The van der Waals surface area contributed by atoms with Crippen LogP contribution in [0, 0.1) is 0 Å². The number of nitrogens with zero attached hydrogens (tertiary/aromatic N) is 2. The van der Waals surface area contributed by atoms with E-state index in [-0.39, 0.29) is 0 Å². The molecule has 0 amide bonds. The average Bonchev–Trinajstić information content (AvgIpc) is 3.11. The minimum atomic E-state index is -4.35. The van der Waals surface area contributed by atoms with Crippen LogP contribution in [-0.4, -0.2) is 21.5 Å². The van der Waals surface area contributed by atoms with Crippen LogP contribution in [0.5, 0.6) is 0 Å². The van der Waals surface area contributed by atoms with Gasteiger partial charge in [0.1, 0.15) is 5.82 Å². The molecule has 2 aromatic heterocycles. The van der Waals surface area contributed by atoms with Crippen LogP contribution in [0.3, 0.4) is 0 Å². The summed E-state index contributed by atoms with van der Waals surface area (Å²) in [7, 11) is 0. The molecule has 0 bridgehead atoms. The molecule has 0 unspecified atom stereocenters. The van der Waals surface area contributed by atoms with Gasteiger partial charge in [0.15, 0.2) is 0 Å². The Morgan fingerprint density at radius 2 is 1.76 bits per heavy atom. The normalized spacial score (nSPS) is 11.6. The molecule has 2 heterocycles. The molecule has 0 aliphatic carbocycles. The number of aromatic amines is 1. The van der Waals surface area contributed by atoms with Gasteiger partial charge in [-0.3, -0.25) is 0 Å². The van der Waals surface area contributed by atoms with Gasteiger partial charge in [-0.25, -0.2) is 4.98 Å². The molecule has 0 saturated carbocycles. The Hall–Kier alpha value is -3.55. The van der Waals surface area contributed by atoms with E-state index in [2.05, 4.69) is 31.7 Å². The molecule has 4 rings (SSSR count). The zero-order valence-electron chi connectivity index (χ0n) is 15.3. The summed E-state index contributed by atoms with van der Waals surface area (Å²) in [6.45, 7) is 0.644. The van der Waals surface area contributed by atoms with E-state index in [1.165, 1.54) is 23.1 Å². The predicted molar refractivity (Wildman–Crippen MR) is 107 cm³/mol. The lowest BCUT2D eigenvalue weighted by Crippen LogP contribution is -2.08. The van der Waals surface area contributed by atoms with E-state index in [1.807, 2.05) is 24.4 Å². The van der Waals surface area contributed by atoms with Gasteiger partial charge in [-0.05, 0) is 48.4 Å². The van der Waals surface area contributed by atoms with E-state index in [4.69, 9.17) is 0 Å². The Morgan fingerprint density at radius 3 is 2.55 bits per heavy atom. The van der Waals surface area contributed by atoms with Crippen molar-refractivity contribution in [1.29, 1.82) is 0 Å². The number of alkyl halides is 3. The first-order valence-electron chi connectivity index (χ1n) is 9.05. The van der Waals surface area contributed by atoms with Crippen molar-refractivity contribution in [3.05, 3.63) is 78.1 Å². The number of H-pyrrole nitrogens is 1. The third-order valence-corrected chi connectivity index (χ3v) is 4.49. The van der Waals surface area contributed by atoms with Gasteiger partial charge < -0.3 is 15.6 Å². The fraction of sp³-hybridized carbons (Fsp3) is 0.143. The first kappa shape index (κ1) is 18.8. The van der Waals surface area contributed by atoms with Gasteiger partial charge in [0.2, 0.25) is 5.95 Å².